The van der Waals surface area contributed by atoms with Gasteiger partial charge in [0.15, 0.2) is 0 Å². The van der Waals surface area contributed by atoms with Gasteiger partial charge in [-0.15, -0.1) is 0 Å². The van der Waals surface area contributed by atoms with Crippen LogP contribution in [0.3, 0.4) is 0 Å². The highest BCUT2D eigenvalue weighted by molar-refractivity contribution is 5.03. The fourth-order valence-electron chi connectivity index (χ4n) is 1.67. The maximum atomic E-state index is 9.12. The van der Waals surface area contributed by atoms with Crippen molar-refractivity contribution in [2.24, 2.45) is 11.8 Å². The molecule has 0 rings (SSSR count). The van der Waals surface area contributed by atoms with Crippen LogP contribution in [0.15, 0.2) is 23.3 Å². The molecule has 0 amide bonds. The fourth-order valence-corrected chi connectivity index (χ4v) is 1.67. The Hall–Kier alpha value is -0.560. The summed E-state index contributed by atoms with van der Waals surface area (Å²) >= 11 is 0. The van der Waals surface area contributed by atoms with Crippen LogP contribution in [-0.2, 0) is 0 Å². The molecule has 1 N–H and O–H groups in total. The topological polar surface area (TPSA) is 20.2 Å². The second-order valence-electron chi connectivity index (χ2n) is 5.13. The summed E-state index contributed by atoms with van der Waals surface area (Å²) in [4.78, 5) is 0. The van der Waals surface area contributed by atoms with Gasteiger partial charge >= 0.3 is 0 Å². The summed E-state index contributed by atoms with van der Waals surface area (Å²) in [6.07, 6.45) is 7.75. The zero-order valence-electron chi connectivity index (χ0n) is 11.6. The van der Waals surface area contributed by atoms with Crippen LogP contribution in [0.5, 0.6) is 0 Å². The highest BCUT2D eigenvalue weighted by Gasteiger charge is 2.10. The fraction of sp³-hybridized carbons (Fsp3) is 0.733. The quantitative estimate of drug-likeness (QED) is 0.638. The lowest BCUT2D eigenvalue weighted by Crippen LogP contribution is -2.07. The molecule has 0 fully saturated rings. The van der Waals surface area contributed by atoms with E-state index in [4.69, 9.17) is 5.11 Å². The minimum absolute atomic E-state index is 0.212. The second-order valence-corrected chi connectivity index (χ2v) is 5.13. The molecule has 0 heterocycles. The van der Waals surface area contributed by atoms with Gasteiger partial charge in [-0.25, -0.2) is 0 Å². The zero-order valence-corrected chi connectivity index (χ0v) is 11.6. The van der Waals surface area contributed by atoms with Gasteiger partial charge < -0.3 is 5.11 Å². The molecular weight excluding hydrogens is 196 g/mol. The van der Waals surface area contributed by atoms with E-state index in [9.17, 15) is 0 Å². The van der Waals surface area contributed by atoms with E-state index in [0.29, 0.717) is 11.8 Å². The molecule has 1 unspecified atom stereocenters. The number of hydrogen-bond acceptors (Lipinski definition) is 1. The lowest BCUT2D eigenvalue weighted by Gasteiger charge is -2.18. The minimum atomic E-state index is 0.212. The first-order chi connectivity index (χ1) is 7.51. The Morgan fingerprint density at radius 1 is 1.12 bits per heavy atom. The molecule has 16 heavy (non-hydrogen) atoms. The molecule has 0 bridgehead atoms. The molecule has 0 aromatic heterocycles. The number of allylic oxidation sites excluding steroid dienone is 3. The van der Waals surface area contributed by atoms with E-state index in [0.717, 1.165) is 19.3 Å². The van der Waals surface area contributed by atoms with Gasteiger partial charge in [-0.05, 0) is 50.5 Å². The predicted molar refractivity (Wildman–Crippen MR) is 72.5 cm³/mol. The van der Waals surface area contributed by atoms with Gasteiger partial charge in [0.2, 0.25) is 0 Å². The van der Waals surface area contributed by atoms with E-state index in [-0.39, 0.29) is 6.61 Å². The van der Waals surface area contributed by atoms with E-state index in [1.54, 1.807) is 0 Å². The van der Waals surface area contributed by atoms with Crippen molar-refractivity contribution >= 4 is 0 Å². The molecule has 1 heteroatoms. The Balaban J connectivity index is 4.34. The maximum Gasteiger partial charge on any atom is 0.0641 e. The zero-order chi connectivity index (χ0) is 12.6. The Morgan fingerprint density at radius 2 is 1.69 bits per heavy atom. The molecule has 0 saturated heterocycles. The van der Waals surface area contributed by atoms with Crippen molar-refractivity contribution in [3.8, 4) is 0 Å². The molecule has 1 nitrogen and oxygen atoms in total. The van der Waals surface area contributed by atoms with E-state index >= 15 is 0 Å². The van der Waals surface area contributed by atoms with Crippen LogP contribution in [0.1, 0.15) is 53.9 Å². The third-order valence-electron chi connectivity index (χ3n) is 3.14. The van der Waals surface area contributed by atoms with E-state index in [1.807, 2.05) is 0 Å². The lowest BCUT2D eigenvalue weighted by atomic mass is 9.88. The van der Waals surface area contributed by atoms with Crippen molar-refractivity contribution in [2.75, 3.05) is 6.61 Å². The Kier molecular flexibility index (Phi) is 8.28. The summed E-state index contributed by atoms with van der Waals surface area (Å²) in [5, 5.41) is 9.12. The molecule has 0 spiro atoms. The summed E-state index contributed by atoms with van der Waals surface area (Å²) in [6, 6.07) is 0. The van der Waals surface area contributed by atoms with Crippen molar-refractivity contribution < 1.29 is 5.11 Å². The summed E-state index contributed by atoms with van der Waals surface area (Å²) in [5.74, 6) is 1.40. The van der Waals surface area contributed by atoms with E-state index in [2.05, 4.69) is 46.8 Å². The highest BCUT2D eigenvalue weighted by Crippen LogP contribution is 2.22. The smallest absolute Gasteiger partial charge is 0.0641 e. The van der Waals surface area contributed by atoms with Crippen LogP contribution in [0.25, 0.3) is 0 Å². The van der Waals surface area contributed by atoms with Crippen molar-refractivity contribution in [2.45, 2.75) is 53.9 Å². The van der Waals surface area contributed by atoms with Crippen LogP contribution in [0.2, 0.25) is 0 Å². The van der Waals surface area contributed by atoms with Crippen LogP contribution < -0.4 is 0 Å². The summed E-state index contributed by atoms with van der Waals surface area (Å²) in [6.45, 7) is 11.2. The molecule has 0 saturated carbocycles. The van der Waals surface area contributed by atoms with E-state index < -0.39 is 0 Å². The first kappa shape index (κ1) is 15.4. The number of aliphatic hydroxyl groups excluding tert-OH is 1. The van der Waals surface area contributed by atoms with Crippen LogP contribution in [0.4, 0.5) is 0 Å². The largest absolute Gasteiger partial charge is 0.392 e. The van der Waals surface area contributed by atoms with Crippen molar-refractivity contribution in [3.05, 3.63) is 23.3 Å². The Morgan fingerprint density at radius 3 is 2.06 bits per heavy atom. The monoisotopic (exact) mass is 224 g/mol. The van der Waals surface area contributed by atoms with Crippen LogP contribution in [-0.4, -0.2) is 11.7 Å². The predicted octanol–water partition coefficient (Wildman–Crippen LogP) is 4.33. The number of aliphatic hydroxyl groups is 1. The summed E-state index contributed by atoms with van der Waals surface area (Å²) in [7, 11) is 0. The van der Waals surface area contributed by atoms with Gasteiger partial charge in [0.05, 0.1) is 6.61 Å². The SMILES string of the molecule is CCC(=CCC(CC=C(C)C)C(C)C)CO. The van der Waals surface area contributed by atoms with Gasteiger partial charge in [-0.1, -0.05) is 38.5 Å². The Bertz CT molecular complexity index is 226. The molecule has 94 valence electrons. The molecule has 0 aliphatic heterocycles. The Labute approximate surface area is 101 Å². The normalized spacial score (nSPS) is 14.1. The molecule has 0 radical (unpaired) electrons. The van der Waals surface area contributed by atoms with Crippen LogP contribution in [0, 0.1) is 11.8 Å². The van der Waals surface area contributed by atoms with Gasteiger partial charge in [-0.3, -0.25) is 0 Å². The molecule has 1 atom stereocenters. The maximum absolute atomic E-state index is 9.12. The van der Waals surface area contributed by atoms with E-state index in [1.165, 1.54) is 11.1 Å². The molecule has 0 aliphatic rings. The first-order valence-electron chi connectivity index (χ1n) is 6.43. The summed E-state index contributed by atoms with van der Waals surface area (Å²) in [5.41, 5.74) is 2.57. The number of hydrogen-bond donors (Lipinski definition) is 1. The lowest BCUT2D eigenvalue weighted by molar-refractivity contribution is 0.325. The molecular formula is C15H28O. The van der Waals surface area contributed by atoms with Gasteiger partial charge in [-0.2, -0.15) is 0 Å². The molecule has 0 aromatic rings. The van der Waals surface area contributed by atoms with Gasteiger partial charge in [0.1, 0.15) is 0 Å². The average Bonchev–Trinajstić information content (AvgIpc) is 2.22. The second kappa shape index (κ2) is 8.58. The standard InChI is InChI=1S/C15H28O/c1-6-14(11-16)8-10-15(13(4)5)9-7-12(2)3/h7-8,13,15-16H,6,9-11H2,1-5H3. The minimum Gasteiger partial charge on any atom is -0.392 e. The molecule has 0 aliphatic carbocycles. The highest BCUT2D eigenvalue weighted by atomic mass is 16.3. The van der Waals surface area contributed by atoms with Crippen molar-refractivity contribution in [1.82, 2.24) is 0 Å². The molecule has 0 aromatic carbocycles. The van der Waals surface area contributed by atoms with Gasteiger partial charge in [0, 0.05) is 0 Å². The van der Waals surface area contributed by atoms with Crippen molar-refractivity contribution in [1.29, 1.82) is 0 Å². The average molecular weight is 224 g/mol. The third-order valence-corrected chi connectivity index (χ3v) is 3.14. The van der Waals surface area contributed by atoms with Crippen molar-refractivity contribution in [3.63, 3.8) is 0 Å². The van der Waals surface area contributed by atoms with Crippen LogP contribution >= 0.6 is 0 Å². The number of rotatable bonds is 7. The van der Waals surface area contributed by atoms with Gasteiger partial charge in [0.25, 0.3) is 0 Å². The third kappa shape index (κ3) is 6.84. The summed E-state index contributed by atoms with van der Waals surface area (Å²) < 4.78 is 0. The first-order valence-corrected chi connectivity index (χ1v) is 6.43.